The van der Waals surface area contributed by atoms with E-state index in [0.717, 1.165) is 122 Å². The van der Waals surface area contributed by atoms with E-state index < -0.39 is 0 Å². The number of furan rings is 2. The predicted octanol–water partition coefficient (Wildman–Crippen LogP) is 18.2. The van der Waals surface area contributed by atoms with Gasteiger partial charge in [-0.1, -0.05) is 164 Å². The Morgan fingerprint density at radius 3 is 1.37 bits per heavy atom. The number of anilines is 3. The molecule has 0 fully saturated rings. The van der Waals surface area contributed by atoms with Gasteiger partial charge >= 0.3 is 0 Å². The van der Waals surface area contributed by atoms with Crippen molar-refractivity contribution >= 4 is 93.5 Å². The molecular weight excluding hydrogens is 829 g/mol. The van der Waals surface area contributed by atoms with Crippen molar-refractivity contribution in [2.75, 3.05) is 4.90 Å². The molecule has 14 rings (SSSR count). The molecule has 0 amide bonds. The van der Waals surface area contributed by atoms with Crippen LogP contribution < -0.4 is 4.90 Å². The molecule has 0 saturated carbocycles. The van der Waals surface area contributed by atoms with Gasteiger partial charge in [-0.15, -0.1) is 0 Å². The highest BCUT2D eigenvalue weighted by Gasteiger charge is 2.20. The average molecular weight is 869 g/mol. The van der Waals surface area contributed by atoms with Crippen molar-refractivity contribution in [2.24, 2.45) is 0 Å². The minimum atomic E-state index is 0.895. The summed E-state index contributed by atoms with van der Waals surface area (Å²) in [6, 6.07) is 86.9. The van der Waals surface area contributed by atoms with E-state index >= 15 is 0 Å². The maximum Gasteiger partial charge on any atom is 0.143 e. The van der Waals surface area contributed by atoms with Crippen LogP contribution in [0.25, 0.3) is 116 Å². The molecule has 0 aliphatic carbocycles. The predicted molar refractivity (Wildman–Crippen MR) is 284 cm³/mol. The van der Waals surface area contributed by atoms with Gasteiger partial charge in [-0.3, -0.25) is 0 Å². The van der Waals surface area contributed by atoms with Crippen molar-refractivity contribution in [3.63, 3.8) is 0 Å². The molecule has 0 aliphatic heterocycles. The molecule has 0 radical (unpaired) electrons. The van der Waals surface area contributed by atoms with Crippen LogP contribution in [0.3, 0.4) is 0 Å². The second-order valence-electron chi connectivity index (χ2n) is 17.6. The summed E-state index contributed by atoms with van der Waals surface area (Å²) in [5, 5.41) is 9.25. The highest BCUT2D eigenvalue weighted by Crippen LogP contribution is 2.43. The Bertz CT molecular complexity index is 4080. The van der Waals surface area contributed by atoms with Gasteiger partial charge in [-0.2, -0.15) is 0 Å². The summed E-state index contributed by atoms with van der Waals surface area (Å²) in [5.74, 6) is 0. The van der Waals surface area contributed by atoms with Crippen LogP contribution in [0.1, 0.15) is 0 Å². The normalized spacial score (nSPS) is 11.8. The lowest BCUT2D eigenvalue weighted by atomic mass is 9.98. The summed E-state index contributed by atoms with van der Waals surface area (Å²) in [6.07, 6.45) is 0. The van der Waals surface area contributed by atoms with Crippen LogP contribution in [0.5, 0.6) is 0 Å². The number of hydrogen-bond acceptors (Lipinski definition) is 3. The smallest absolute Gasteiger partial charge is 0.143 e. The number of aromatic nitrogens is 1. The third-order valence-electron chi connectivity index (χ3n) is 13.8. The Balaban J connectivity index is 0.889. The van der Waals surface area contributed by atoms with Crippen molar-refractivity contribution in [2.45, 2.75) is 0 Å². The van der Waals surface area contributed by atoms with E-state index in [2.05, 4.69) is 228 Å². The van der Waals surface area contributed by atoms with Crippen LogP contribution in [0.15, 0.2) is 251 Å². The number of benzene rings is 11. The number of fused-ring (bicyclic) bond motifs is 10. The first-order chi connectivity index (χ1) is 33.7. The van der Waals surface area contributed by atoms with E-state index in [4.69, 9.17) is 8.83 Å². The molecule has 318 valence electrons. The first-order valence-corrected chi connectivity index (χ1v) is 23.2. The SMILES string of the molecule is c1ccc(N(c2ccc(-c3ccc(-n4c5ccc(-c6cccc7c6oc6ccccc67)cc5c5cc(-c6cccc7c6oc6ccccc67)ccc54)cc3)cc2)c2cccc3ccccc23)cc1. The zero-order valence-electron chi connectivity index (χ0n) is 36.8. The molecule has 0 aliphatic rings. The van der Waals surface area contributed by atoms with E-state index in [-0.39, 0.29) is 0 Å². The summed E-state index contributed by atoms with van der Waals surface area (Å²) < 4.78 is 15.5. The second-order valence-corrected chi connectivity index (χ2v) is 17.6. The third-order valence-corrected chi connectivity index (χ3v) is 13.8. The number of para-hydroxylation sites is 5. The highest BCUT2D eigenvalue weighted by atomic mass is 16.3. The molecule has 0 spiro atoms. The van der Waals surface area contributed by atoms with Crippen LogP contribution in [0, 0.1) is 0 Å². The van der Waals surface area contributed by atoms with Gasteiger partial charge in [0, 0.05) is 65.9 Å². The highest BCUT2D eigenvalue weighted by molar-refractivity contribution is 6.15. The van der Waals surface area contributed by atoms with E-state index in [1.807, 2.05) is 24.3 Å². The van der Waals surface area contributed by atoms with Crippen LogP contribution in [0.2, 0.25) is 0 Å². The van der Waals surface area contributed by atoms with Gasteiger partial charge in [0.1, 0.15) is 22.3 Å². The van der Waals surface area contributed by atoms with Gasteiger partial charge in [-0.05, 0) is 107 Å². The van der Waals surface area contributed by atoms with E-state index in [1.165, 1.54) is 10.8 Å². The molecule has 0 saturated heterocycles. The lowest BCUT2D eigenvalue weighted by Gasteiger charge is -2.27. The van der Waals surface area contributed by atoms with Crippen molar-refractivity contribution < 1.29 is 8.83 Å². The summed E-state index contributed by atoms with van der Waals surface area (Å²) in [5.41, 5.74) is 17.0. The molecule has 11 aromatic carbocycles. The van der Waals surface area contributed by atoms with Gasteiger partial charge < -0.3 is 18.3 Å². The quantitative estimate of drug-likeness (QED) is 0.160. The van der Waals surface area contributed by atoms with Gasteiger partial charge in [-0.25, -0.2) is 0 Å². The van der Waals surface area contributed by atoms with Gasteiger partial charge in [0.05, 0.1) is 16.7 Å². The van der Waals surface area contributed by atoms with Gasteiger partial charge in [0.2, 0.25) is 0 Å². The van der Waals surface area contributed by atoms with Gasteiger partial charge in [0.25, 0.3) is 0 Å². The molecule has 0 N–H and O–H groups in total. The van der Waals surface area contributed by atoms with E-state index in [1.54, 1.807) is 0 Å². The molecule has 4 heteroatoms. The zero-order valence-corrected chi connectivity index (χ0v) is 36.8. The first kappa shape index (κ1) is 38.2. The van der Waals surface area contributed by atoms with E-state index in [9.17, 15) is 0 Å². The zero-order chi connectivity index (χ0) is 44.7. The molecule has 14 aromatic rings. The monoisotopic (exact) mass is 868 g/mol. The first-order valence-electron chi connectivity index (χ1n) is 23.2. The fourth-order valence-electron chi connectivity index (χ4n) is 10.6. The summed E-state index contributed by atoms with van der Waals surface area (Å²) in [4.78, 5) is 2.35. The maximum absolute atomic E-state index is 6.56. The topological polar surface area (TPSA) is 34.5 Å². The lowest BCUT2D eigenvalue weighted by Crippen LogP contribution is -2.10. The van der Waals surface area contributed by atoms with Crippen LogP contribution in [-0.4, -0.2) is 4.57 Å². The Morgan fingerprint density at radius 2 is 0.765 bits per heavy atom. The Morgan fingerprint density at radius 1 is 0.309 bits per heavy atom. The average Bonchev–Trinajstić information content (AvgIpc) is 4.09. The summed E-state index contributed by atoms with van der Waals surface area (Å²) in [6.45, 7) is 0. The maximum atomic E-state index is 6.56. The molecule has 68 heavy (non-hydrogen) atoms. The molecule has 0 bridgehead atoms. The van der Waals surface area contributed by atoms with Crippen molar-refractivity contribution in [1.29, 1.82) is 0 Å². The molecule has 4 nitrogen and oxygen atoms in total. The minimum Gasteiger partial charge on any atom is -0.455 e. The Hall–Kier alpha value is -9.12. The van der Waals surface area contributed by atoms with E-state index in [0.29, 0.717) is 0 Å². The molecular formula is C64H40N2O2. The molecule has 0 atom stereocenters. The molecule has 3 aromatic heterocycles. The largest absolute Gasteiger partial charge is 0.455 e. The lowest BCUT2D eigenvalue weighted by molar-refractivity contribution is 0.669. The second kappa shape index (κ2) is 15.2. The number of hydrogen-bond donors (Lipinski definition) is 0. The fraction of sp³-hybridized carbons (Fsp3) is 0. The van der Waals surface area contributed by atoms with Crippen LogP contribution >= 0.6 is 0 Å². The minimum absolute atomic E-state index is 0.895. The van der Waals surface area contributed by atoms with Gasteiger partial charge in [0.15, 0.2) is 0 Å². The van der Waals surface area contributed by atoms with Crippen LogP contribution in [0.4, 0.5) is 17.1 Å². The Kier molecular flexibility index (Phi) is 8.55. The van der Waals surface area contributed by atoms with Crippen molar-refractivity contribution in [3.8, 4) is 39.1 Å². The fourth-order valence-corrected chi connectivity index (χ4v) is 10.6. The summed E-state index contributed by atoms with van der Waals surface area (Å²) >= 11 is 0. The van der Waals surface area contributed by atoms with Crippen molar-refractivity contribution in [1.82, 2.24) is 4.57 Å². The standard InChI is InChI=1S/C64H40N2O2/c1-2-15-46(16-3-1)65(58-24-10-14-43-13-4-5-17-49(43)58)47-33-27-41(28-34-47)42-29-35-48(36-30-42)66-59-37-31-44(50-20-11-22-54-52-18-6-8-25-61(52)67-63(50)54)39-56(59)57-40-45(32-38-60(57)66)51-21-12-23-55-53-19-7-9-26-62(53)68-64(51)55/h1-40H. The summed E-state index contributed by atoms with van der Waals surface area (Å²) in [7, 11) is 0. The molecule has 3 heterocycles. The van der Waals surface area contributed by atoms with Crippen molar-refractivity contribution in [3.05, 3.63) is 243 Å². The third kappa shape index (κ3) is 6.01. The Labute approximate surface area is 391 Å². The number of rotatable bonds is 7. The number of nitrogens with zero attached hydrogens (tertiary/aromatic N) is 2. The van der Waals surface area contributed by atoms with Crippen LogP contribution in [-0.2, 0) is 0 Å². The molecule has 0 unspecified atom stereocenters.